The molecule has 47 heavy (non-hydrogen) atoms. The van der Waals surface area contributed by atoms with Crippen molar-refractivity contribution in [2.24, 2.45) is 5.73 Å². The molecule has 0 aliphatic carbocycles. The average molecular weight is 681 g/mol. The molecule has 3 rings (SSSR count). The number of nitrogens with one attached hydrogen (secondary N) is 5. The number of thioether (sulfide) groups is 1. The van der Waals surface area contributed by atoms with E-state index in [-0.39, 0.29) is 56.6 Å². The first-order chi connectivity index (χ1) is 22.8. The molecule has 2 fully saturated rings. The maximum Gasteiger partial charge on any atom is 0.408 e. The Kier molecular flexibility index (Phi) is 17.8. The van der Waals surface area contributed by atoms with Gasteiger partial charge < -0.3 is 51.3 Å². The Hall–Kier alpha value is -3.60. The predicted octanol–water partition coefficient (Wildman–Crippen LogP) is 0.555. The summed E-state index contributed by atoms with van der Waals surface area (Å²) < 4.78 is 21.6. The lowest BCUT2D eigenvalue weighted by atomic mass is 10.0. The number of amides is 6. The number of fused-ring (bicyclic) bond motifs is 1. The third kappa shape index (κ3) is 15.7. The number of ether oxygens (including phenoxy) is 4. The molecular formula is C31H48N6O9S. The van der Waals surface area contributed by atoms with Crippen molar-refractivity contribution in [2.75, 3.05) is 58.5 Å². The fourth-order valence-electron chi connectivity index (χ4n) is 5.00. The molecule has 262 valence electrons. The number of urea groups is 1. The van der Waals surface area contributed by atoms with Crippen molar-refractivity contribution in [3.05, 3.63) is 35.9 Å². The number of carbonyl (C=O) groups excluding carboxylic acids is 5. The Morgan fingerprint density at radius 2 is 1.57 bits per heavy atom. The van der Waals surface area contributed by atoms with Crippen molar-refractivity contribution in [1.29, 1.82) is 0 Å². The van der Waals surface area contributed by atoms with E-state index in [1.165, 1.54) is 0 Å². The SMILES string of the molecule is NC(=O)CCC(NC(=O)OCc1ccccc1)C(=O)NCCOCCOCCOCCNC(=O)CCCCC1SCC2NC(=O)NC21. The summed E-state index contributed by atoms with van der Waals surface area (Å²) in [7, 11) is 0. The van der Waals surface area contributed by atoms with Gasteiger partial charge in [-0.2, -0.15) is 11.8 Å². The summed E-state index contributed by atoms with van der Waals surface area (Å²) in [5.41, 5.74) is 6.00. The topological polar surface area (TPSA) is 208 Å². The highest BCUT2D eigenvalue weighted by Gasteiger charge is 2.42. The third-order valence-corrected chi connectivity index (χ3v) is 8.95. The molecule has 1 aromatic rings. The van der Waals surface area contributed by atoms with Gasteiger partial charge in [0, 0.05) is 36.9 Å². The second kappa shape index (κ2) is 22.1. The van der Waals surface area contributed by atoms with Crippen LogP contribution in [0.3, 0.4) is 0 Å². The van der Waals surface area contributed by atoms with E-state index in [1.54, 1.807) is 12.1 Å². The van der Waals surface area contributed by atoms with Gasteiger partial charge in [0.1, 0.15) is 12.6 Å². The Morgan fingerprint density at radius 1 is 0.894 bits per heavy atom. The maximum atomic E-state index is 12.6. The highest BCUT2D eigenvalue weighted by Crippen LogP contribution is 2.33. The zero-order valence-electron chi connectivity index (χ0n) is 26.7. The van der Waals surface area contributed by atoms with Crippen LogP contribution in [0.1, 0.15) is 44.1 Å². The van der Waals surface area contributed by atoms with Crippen LogP contribution in [0, 0.1) is 0 Å². The molecule has 7 N–H and O–H groups in total. The lowest BCUT2D eigenvalue weighted by Gasteiger charge is -2.18. The lowest BCUT2D eigenvalue weighted by Crippen LogP contribution is -2.48. The van der Waals surface area contributed by atoms with Crippen LogP contribution >= 0.6 is 11.8 Å². The number of hydrogen-bond donors (Lipinski definition) is 6. The van der Waals surface area contributed by atoms with Crippen LogP contribution in [0.25, 0.3) is 0 Å². The van der Waals surface area contributed by atoms with E-state index in [0.717, 1.165) is 30.6 Å². The maximum absolute atomic E-state index is 12.6. The fraction of sp³-hybridized carbons (Fsp3) is 0.645. The summed E-state index contributed by atoms with van der Waals surface area (Å²) in [4.78, 5) is 59.5. The molecule has 2 aliphatic rings. The van der Waals surface area contributed by atoms with Gasteiger partial charge in [0.2, 0.25) is 17.7 Å². The van der Waals surface area contributed by atoms with Gasteiger partial charge in [0.05, 0.1) is 51.7 Å². The Morgan fingerprint density at radius 3 is 2.28 bits per heavy atom. The van der Waals surface area contributed by atoms with Crippen LogP contribution in [0.15, 0.2) is 30.3 Å². The molecule has 15 nitrogen and oxygen atoms in total. The summed E-state index contributed by atoms with van der Waals surface area (Å²) in [6, 6.07) is 8.46. The van der Waals surface area contributed by atoms with Crippen LogP contribution in [-0.4, -0.2) is 112 Å². The third-order valence-electron chi connectivity index (χ3n) is 7.44. The lowest BCUT2D eigenvalue weighted by molar-refractivity contribution is -0.124. The molecule has 16 heteroatoms. The quantitative estimate of drug-likeness (QED) is 0.0660. The Balaban J connectivity index is 1.10. The molecule has 1 aromatic carbocycles. The van der Waals surface area contributed by atoms with Crippen molar-refractivity contribution in [2.45, 2.75) is 68.5 Å². The second-order valence-electron chi connectivity index (χ2n) is 11.1. The molecule has 0 saturated carbocycles. The fourth-order valence-corrected chi connectivity index (χ4v) is 6.54. The van der Waals surface area contributed by atoms with Gasteiger partial charge in [0.25, 0.3) is 0 Å². The van der Waals surface area contributed by atoms with Crippen molar-refractivity contribution in [3.63, 3.8) is 0 Å². The number of rotatable bonds is 24. The summed E-state index contributed by atoms with van der Waals surface area (Å²) in [6.45, 7) is 2.69. The second-order valence-corrected chi connectivity index (χ2v) is 12.4. The number of nitrogens with two attached hydrogens (primary N) is 1. The minimum Gasteiger partial charge on any atom is -0.445 e. The van der Waals surface area contributed by atoms with Crippen molar-refractivity contribution < 1.29 is 42.9 Å². The largest absolute Gasteiger partial charge is 0.445 e. The van der Waals surface area contributed by atoms with Gasteiger partial charge in [-0.25, -0.2) is 9.59 Å². The summed E-state index contributed by atoms with van der Waals surface area (Å²) in [5, 5.41) is 14.3. The minimum atomic E-state index is -0.987. The van der Waals surface area contributed by atoms with E-state index in [9.17, 15) is 24.0 Å². The van der Waals surface area contributed by atoms with Gasteiger partial charge in [0.15, 0.2) is 0 Å². The van der Waals surface area contributed by atoms with E-state index in [4.69, 9.17) is 24.7 Å². The summed E-state index contributed by atoms with van der Waals surface area (Å²) in [6.07, 6.45) is 2.39. The van der Waals surface area contributed by atoms with Crippen LogP contribution in [-0.2, 0) is 39.9 Å². The predicted molar refractivity (Wildman–Crippen MR) is 174 cm³/mol. The first-order valence-electron chi connectivity index (χ1n) is 16.0. The normalized spacial score (nSPS) is 18.8. The average Bonchev–Trinajstić information content (AvgIpc) is 3.61. The van der Waals surface area contributed by atoms with Gasteiger partial charge >= 0.3 is 12.1 Å². The molecule has 2 aliphatic heterocycles. The zero-order valence-corrected chi connectivity index (χ0v) is 27.5. The summed E-state index contributed by atoms with van der Waals surface area (Å²) in [5.74, 6) is -0.121. The van der Waals surface area contributed by atoms with E-state index >= 15 is 0 Å². The Labute approximate surface area is 279 Å². The van der Waals surface area contributed by atoms with Crippen molar-refractivity contribution in [1.82, 2.24) is 26.6 Å². The minimum absolute atomic E-state index is 0.00441. The van der Waals surface area contributed by atoms with Crippen LogP contribution in [0.2, 0.25) is 0 Å². The number of carbonyl (C=O) groups is 5. The molecule has 0 bridgehead atoms. The highest BCUT2D eigenvalue weighted by molar-refractivity contribution is 8.00. The first kappa shape index (κ1) is 37.9. The van der Waals surface area contributed by atoms with E-state index in [1.807, 2.05) is 30.0 Å². The molecular weight excluding hydrogens is 632 g/mol. The number of alkyl carbamates (subject to hydrolysis) is 1. The molecule has 4 unspecified atom stereocenters. The first-order valence-corrected chi connectivity index (χ1v) is 17.1. The van der Waals surface area contributed by atoms with Crippen LogP contribution in [0.5, 0.6) is 0 Å². The van der Waals surface area contributed by atoms with E-state index < -0.39 is 23.9 Å². The zero-order chi connectivity index (χ0) is 33.7. The summed E-state index contributed by atoms with van der Waals surface area (Å²) >= 11 is 1.88. The van der Waals surface area contributed by atoms with Crippen LogP contribution < -0.4 is 32.3 Å². The Bertz CT molecular complexity index is 1130. The highest BCUT2D eigenvalue weighted by atomic mass is 32.2. The van der Waals surface area contributed by atoms with E-state index in [2.05, 4.69) is 26.6 Å². The molecule has 6 amide bonds. The molecule has 4 atom stereocenters. The molecule has 2 heterocycles. The van der Waals surface area contributed by atoms with Crippen molar-refractivity contribution in [3.8, 4) is 0 Å². The standard InChI is InChI=1S/C31H48N6O9S/c32-26(38)11-10-23(36-31(42)46-20-22-6-2-1-3-7-22)29(40)34-13-15-44-17-19-45-18-16-43-14-12-33-27(39)9-5-4-8-25-28-24(21-47-25)35-30(41)37-28/h1-3,6-7,23-25,28H,4-5,8-21H2,(H2,32,38)(H,33,39)(H,34,40)(H,36,42)(H2,35,37,41). The van der Waals surface area contributed by atoms with Crippen molar-refractivity contribution >= 4 is 41.6 Å². The van der Waals surface area contributed by atoms with Crippen LogP contribution in [0.4, 0.5) is 9.59 Å². The van der Waals surface area contributed by atoms with Gasteiger partial charge in [-0.3, -0.25) is 14.4 Å². The number of unbranched alkanes of at least 4 members (excludes halogenated alkanes) is 1. The molecule has 2 saturated heterocycles. The molecule has 0 spiro atoms. The van der Waals surface area contributed by atoms with E-state index in [0.29, 0.717) is 51.2 Å². The number of primary amides is 1. The number of hydrogen-bond acceptors (Lipinski definition) is 10. The molecule has 0 radical (unpaired) electrons. The van der Waals surface area contributed by atoms with Gasteiger partial charge in [-0.1, -0.05) is 36.8 Å². The molecule has 0 aromatic heterocycles. The smallest absolute Gasteiger partial charge is 0.408 e. The van der Waals surface area contributed by atoms with Gasteiger partial charge in [-0.05, 0) is 24.8 Å². The number of benzene rings is 1. The van der Waals surface area contributed by atoms with Gasteiger partial charge in [-0.15, -0.1) is 0 Å². The monoisotopic (exact) mass is 680 g/mol.